The second kappa shape index (κ2) is 3.67. The van der Waals surface area contributed by atoms with Crippen molar-refractivity contribution < 1.29 is 4.52 Å². The molecule has 16 heavy (non-hydrogen) atoms. The molecule has 0 aliphatic carbocycles. The van der Waals surface area contributed by atoms with Crippen LogP contribution in [0.5, 0.6) is 0 Å². The first-order chi connectivity index (χ1) is 7.84. The molecule has 1 aromatic carbocycles. The van der Waals surface area contributed by atoms with E-state index in [4.69, 9.17) is 4.52 Å². The summed E-state index contributed by atoms with van der Waals surface area (Å²) in [4.78, 5) is 2.38. The van der Waals surface area contributed by atoms with Crippen LogP contribution >= 0.6 is 0 Å². The third kappa shape index (κ3) is 1.48. The zero-order valence-corrected chi connectivity index (χ0v) is 9.31. The molecular formula is C13H14N2O. The summed E-state index contributed by atoms with van der Waals surface area (Å²) in [5, 5.41) is 3.82. The van der Waals surface area contributed by atoms with Crippen molar-refractivity contribution in [3.05, 3.63) is 47.3 Å². The number of anilines is 1. The number of benzene rings is 1. The quantitative estimate of drug-likeness (QED) is 0.769. The third-order valence-electron chi connectivity index (χ3n) is 3.19. The average molecular weight is 214 g/mol. The van der Waals surface area contributed by atoms with Gasteiger partial charge < -0.3 is 9.42 Å². The van der Waals surface area contributed by atoms with Crippen LogP contribution in [-0.2, 0) is 13.0 Å². The summed E-state index contributed by atoms with van der Waals surface area (Å²) >= 11 is 0. The van der Waals surface area contributed by atoms with E-state index in [9.17, 15) is 0 Å². The molecule has 2 heterocycles. The molecule has 0 fully saturated rings. The molecule has 1 aliphatic heterocycles. The Hall–Kier alpha value is -1.77. The summed E-state index contributed by atoms with van der Waals surface area (Å²) in [6, 6.07) is 8.59. The fourth-order valence-electron chi connectivity index (χ4n) is 2.25. The minimum atomic E-state index is 0.895. The minimum Gasteiger partial charge on any atom is -0.366 e. The van der Waals surface area contributed by atoms with E-state index in [1.807, 2.05) is 13.1 Å². The molecule has 0 saturated carbocycles. The van der Waals surface area contributed by atoms with Crippen molar-refractivity contribution >= 4 is 5.69 Å². The SMILES string of the molecule is Cc1oncc1CN1CCc2ccccc21. The van der Waals surface area contributed by atoms with Gasteiger partial charge in [0.15, 0.2) is 0 Å². The Morgan fingerprint density at radius 1 is 1.38 bits per heavy atom. The lowest BCUT2D eigenvalue weighted by molar-refractivity contribution is 0.396. The molecule has 0 amide bonds. The molecule has 0 atom stereocenters. The van der Waals surface area contributed by atoms with Gasteiger partial charge in [0, 0.05) is 24.3 Å². The van der Waals surface area contributed by atoms with E-state index in [0.29, 0.717) is 0 Å². The Labute approximate surface area is 94.7 Å². The highest BCUT2D eigenvalue weighted by molar-refractivity contribution is 5.58. The van der Waals surface area contributed by atoms with Gasteiger partial charge in [-0.2, -0.15) is 0 Å². The molecule has 3 heteroatoms. The highest BCUT2D eigenvalue weighted by atomic mass is 16.5. The molecule has 82 valence electrons. The smallest absolute Gasteiger partial charge is 0.138 e. The molecule has 0 N–H and O–H groups in total. The second-order valence-corrected chi connectivity index (χ2v) is 4.21. The number of para-hydroxylation sites is 1. The number of hydrogen-bond donors (Lipinski definition) is 0. The van der Waals surface area contributed by atoms with Crippen LogP contribution in [0.1, 0.15) is 16.9 Å². The van der Waals surface area contributed by atoms with Crippen LogP contribution in [0.3, 0.4) is 0 Å². The lowest BCUT2D eigenvalue weighted by atomic mass is 10.2. The van der Waals surface area contributed by atoms with E-state index in [0.717, 1.165) is 25.3 Å². The lowest BCUT2D eigenvalue weighted by Crippen LogP contribution is -2.19. The highest BCUT2D eigenvalue weighted by Gasteiger charge is 2.19. The van der Waals surface area contributed by atoms with Gasteiger partial charge in [-0.05, 0) is 25.0 Å². The zero-order valence-electron chi connectivity index (χ0n) is 9.31. The van der Waals surface area contributed by atoms with Crippen molar-refractivity contribution in [3.63, 3.8) is 0 Å². The maximum absolute atomic E-state index is 5.09. The number of aromatic nitrogens is 1. The Morgan fingerprint density at radius 2 is 2.25 bits per heavy atom. The van der Waals surface area contributed by atoms with Crippen LogP contribution in [0.25, 0.3) is 0 Å². The summed E-state index contributed by atoms with van der Waals surface area (Å²) in [7, 11) is 0. The predicted octanol–water partition coefficient (Wildman–Crippen LogP) is 2.55. The van der Waals surface area contributed by atoms with Gasteiger partial charge in [0.1, 0.15) is 5.76 Å². The summed E-state index contributed by atoms with van der Waals surface area (Å²) in [5.74, 6) is 0.921. The van der Waals surface area contributed by atoms with Gasteiger partial charge in [-0.25, -0.2) is 0 Å². The summed E-state index contributed by atoms with van der Waals surface area (Å²) < 4.78 is 5.09. The van der Waals surface area contributed by atoms with Crippen molar-refractivity contribution in [2.75, 3.05) is 11.4 Å². The Kier molecular flexibility index (Phi) is 2.17. The van der Waals surface area contributed by atoms with E-state index in [1.54, 1.807) is 0 Å². The van der Waals surface area contributed by atoms with Crippen LogP contribution in [0, 0.1) is 6.92 Å². The molecule has 0 unspecified atom stereocenters. The first kappa shape index (κ1) is 9.46. The molecular weight excluding hydrogens is 200 g/mol. The molecule has 3 nitrogen and oxygen atoms in total. The van der Waals surface area contributed by atoms with E-state index < -0.39 is 0 Å². The molecule has 1 aliphatic rings. The van der Waals surface area contributed by atoms with Crippen LogP contribution in [-0.4, -0.2) is 11.7 Å². The predicted molar refractivity (Wildman–Crippen MR) is 62.4 cm³/mol. The molecule has 2 aromatic rings. The van der Waals surface area contributed by atoms with Gasteiger partial charge in [-0.3, -0.25) is 0 Å². The maximum Gasteiger partial charge on any atom is 0.138 e. The fourth-order valence-corrected chi connectivity index (χ4v) is 2.25. The number of hydrogen-bond acceptors (Lipinski definition) is 3. The van der Waals surface area contributed by atoms with Crippen LogP contribution in [0.15, 0.2) is 35.0 Å². The van der Waals surface area contributed by atoms with Gasteiger partial charge in [0.2, 0.25) is 0 Å². The van der Waals surface area contributed by atoms with Crippen LogP contribution in [0.4, 0.5) is 5.69 Å². The molecule has 1 aromatic heterocycles. The first-order valence-electron chi connectivity index (χ1n) is 5.57. The fraction of sp³-hybridized carbons (Fsp3) is 0.308. The molecule has 0 bridgehead atoms. The average Bonchev–Trinajstić information content (AvgIpc) is 2.88. The van der Waals surface area contributed by atoms with Crippen LogP contribution < -0.4 is 4.90 Å². The van der Waals surface area contributed by atoms with Gasteiger partial charge in [0.25, 0.3) is 0 Å². The van der Waals surface area contributed by atoms with Crippen molar-refractivity contribution in [2.24, 2.45) is 0 Å². The Balaban J connectivity index is 1.86. The largest absolute Gasteiger partial charge is 0.366 e. The number of rotatable bonds is 2. The first-order valence-corrected chi connectivity index (χ1v) is 5.57. The second-order valence-electron chi connectivity index (χ2n) is 4.21. The standard InChI is InChI=1S/C13H14N2O/c1-10-12(8-14-16-10)9-15-7-6-11-4-2-3-5-13(11)15/h2-5,8H,6-7,9H2,1H3. The van der Waals surface area contributed by atoms with Crippen molar-refractivity contribution in [1.29, 1.82) is 0 Å². The van der Waals surface area contributed by atoms with E-state index in [2.05, 4.69) is 34.3 Å². The van der Waals surface area contributed by atoms with Crippen LogP contribution in [0.2, 0.25) is 0 Å². The summed E-state index contributed by atoms with van der Waals surface area (Å²) in [6.45, 7) is 3.95. The molecule has 0 radical (unpaired) electrons. The third-order valence-corrected chi connectivity index (χ3v) is 3.19. The molecule has 3 rings (SSSR count). The minimum absolute atomic E-state index is 0.895. The van der Waals surface area contributed by atoms with Crippen molar-refractivity contribution in [1.82, 2.24) is 5.16 Å². The number of fused-ring (bicyclic) bond motifs is 1. The Bertz CT molecular complexity index is 504. The van der Waals surface area contributed by atoms with Gasteiger partial charge in [-0.15, -0.1) is 0 Å². The topological polar surface area (TPSA) is 29.3 Å². The van der Waals surface area contributed by atoms with Gasteiger partial charge >= 0.3 is 0 Å². The van der Waals surface area contributed by atoms with E-state index in [-0.39, 0.29) is 0 Å². The summed E-state index contributed by atoms with van der Waals surface area (Å²) in [6.07, 6.45) is 2.96. The van der Waals surface area contributed by atoms with Crippen molar-refractivity contribution in [2.45, 2.75) is 19.9 Å². The summed E-state index contributed by atoms with van der Waals surface area (Å²) in [5.41, 5.74) is 3.97. The van der Waals surface area contributed by atoms with Gasteiger partial charge in [-0.1, -0.05) is 23.4 Å². The maximum atomic E-state index is 5.09. The molecule has 0 saturated heterocycles. The number of aryl methyl sites for hydroxylation is 1. The monoisotopic (exact) mass is 214 g/mol. The molecule has 0 spiro atoms. The lowest BCUT2D eigenvalue weighted by Gasteiger charge is -2.18. The van der Waals surface area contributed by atoms with Gasteiger partial charge in [0.05, 0.1) is 6.20 Å². The Morgan fingerprint density at radius 3 is 3.06 bits per heavy atom. The highest BCUT2D eigenvalue weighted by Crippen LogP contribution is 2.29. The van der Waals surface area contributed by atoms with E-state index in [1.165, 1.54) is 16.8 Å². The van der Waals surface area contributed by atoms with E-state index >= 15 is 0 Å². The zero-order chi connectivity index (χ0) is 11.0. The normalized spacial score (nSPS) is 14.2. The van der Waals surface area contributed by atoms with Crippen molar-refractivity contribution in [3.8, 4) is 0 Å². The number of nitrogens with zero attached hydrogens (tertiary/aromatic N) is 2.